The van der Waals surface area contributed by atoms with Crippen LogP contribution in [-0.2, 0) is 6.54 Å². The van der Waals surface area contributed by atoms with E-state index < -0.39 is 0 Å². The first-order chi connectivity index (χ1) is 11.2. The Kier molecular flexibility index (Phi) is 6.67. The molecular formula is C20H27ClN2O. The highest BCUT2D eigenvalue weighted by atomic mass is 35.5. The molecule has 24 heavy (non-hydrogen) atoms. The highest BCUT2D eigenvalue weighted by Crippen LogP contribution is 2.33. The molecule has 0 spiro atoms. The summed E-state index contributed by atoms with van der Waals surface area (Å²) in [4.78, 5) is 2.51. The van der Waals surface area contributed by atoms with Crippen molar-refractivity contribution in [1.29, 1.82) is 0 Å². The molecule has 2 atom stereocenters. The molecule has 1 aliphatic heterocycles. The molecule has 2 aromatic rings. The van der Waals surface area contributed by atoms with Crippen molar-refractivity contribution >= 4 is 12.4 Å². The van der Waals surface area contributed by atoms with Crippen LogP contribution in [0.3, 0.4) is 0 Å². The maximum atomic E-state index is 6.05. The monoisotopic (exact) mass is 346 g/mol. The van der Waals surface area contributed by atoms with E-state index in [1.165, 1.54) is 16.7 Å². The highest BCUT2D eigenvalue weighted by molar-refractivity contribution is 5.85. The molecule has 1 fully saturated rings. The minimum Gasteiger partial charge on any atom is -0.496 e. The van der Waals surface area contributed by atoms with Crippen molar-refractivity contribution in [2.45, 2.75) is 19.4 Å². The summed E-state index contributed by atoms with van der Waals surface area (Å²) >= 11 is 0. The molecule has 4 heteroatoms. The Morgan fingerprint density at radius 3 is 2.54 bits per heavy atom. The van der Waals surface area contributed by atoms with Crippen LogP contribution in [0.1, 0.15) is 22.6 Å². The summed E-state index contributed by atoms with van der Waals surface area (Å²) in [6.07, 6.45) is 0. The molecule has 3 nitrogen and oxygen atoms in total. The lowest BCUT2D eigenvalue weighted by molar-refractivity contribution is 0.308. The number of nitrogens with two attached hydrogens (primary N) is 1. The van der Waals surface area contributed by atoms with Crippen molar-refractivity contribution in [3.8, 4) is 5.75 Å². The zero-order valence-corrected chi connectivity index (χ0v) is 15.3. The Morgan fingerprint density at radius 2 is 1.88 bits per heavy atom. The van der Waals surface area contributed by atoms with Gasteiger partial charge in [-0.1, -0.05) is 48.0 Å². The third-order valence-electron chi connectivity index (χ3n) is 4.88. The van der Waals surface area contributed by atoms with Gasteiger partial charge in [0.05, 0.1) is 7.11 Å². The summed E-state index contributed by atoms with van der Waals surface area (Å²) in [5.41, 5.74) is 9.98. The molecule has 3 rings (SSSR count). The van der Waals surface area contributed by atoms with E-state index in [2.05, 4.69) is 60.4 Å². The lowest BCUT2D eigenvalue weighted by Crippen LogP contribution is -2.23. The summed E-state index contributed by atoms with van der Waals surface area (Å²) < 4.78 is 5.52. The Hall–Kier alpha value is -1.55. The predicted octanol–water partition coefficient (Wildman–Crippen LogP) is 3.60. The molecule has 130 valence electrons. The Morgan fingerprint density at radius 1 is 1.12 bits per heavy atom. The van der Waals surface area contributed by atoms with Gasteiger partial charge in [-0.3, -0.25) is 4.90 Å². The van der Waals surface area contributed by atoms with E-state index in [9.17, 15) is 0 Å². The fourth-order valence-corrected chi connectivity index (χ4v) is 3.68. The van der Waals surface area contributed by atoms with Gasteiger partial charge >= 0.3 is 0 Å². The number of hydrogen-bond donors (Lipinski definition) is 1. The first kappa shape index (κ1) is 18.8. The maximum absolute atomic E-state index is 6.05. The van der Waals surface area contributed by atoms with Gasteiger partial charge in [0.15, 0.2) is 0 Å². The lowest BCUT2D eigenvalue weighted by Gasteiger charge is -2.18. The minimum atomic E-state index is 0. The van der Waals surface area contributed by atoms with E-state index in [0.717, 1.165) is 31.9 Å². The number of hydrogen-bond acceptors (Lipinski definition) is 3. The zero-order valence-electron chi connectivity index (χ0n) is 14.4. The van der Waals surface area contributed by atoms with Crippen LogP contribution < -0.4 is 10.5 Å². The van der Waals surface area contributed by atoms with Crippen LogP contribution in [0, 0.1) is 12.8 Å². The topological polar surface area (TPSA) is 38.5 Å². The molecule has 0 radical (unpaired) electrons. The fourth-order valence-electron chi connectivity index (χ4n) is 3.68. The standard InChI is InChI=1S/C20H26N2O.ClH/c1-15-8-9-20(23-2)17(10-15)12-22-13-18(11-21)19(14-22)16-6-4-3-5-7-16;/h3-10,18-19H,11-14,21H2,1-2H3;1H/t18-,19+;/m1./s1. The second kappa shape index (κ2) is 8.52. The van der Waals surface area contributed by atoms with Crippen LogP contribution >= 0.6 is 12.4 Å². The summed E-state index contributed by atoms with van der Waals surface area (Å²) in [5, 5.41) is 0. The smallest absolute Gasteiger partial charge is 0.123 e. The molecule has 0 unspecified atom stereocenters. The van der Waals surface area contributed by atoms with Gasteiger partial charge in [-0.05, 0) is 31.0 Å². The van der Waals surface area contributed by atoms with Crippen molar-refractivity contribution in [3.63, 3.8) is 0 Å². The molecule has 1 aliphatic rings. The number of ether oxygens (including phenoxy) is 1. The van der Waals surface area contributed by atoms with Gasteiger partial charge < -0.3 is 10.5 Å². The van der Waals surface area contributed by atoms with Crippen molar-refractivity contribution < 1.29 is 4.74 Å². The van der Waals surface area contributed by atoms with Crippen molar-refractivity contribution in [3.05, 3.63) is 65.2 Å². The predicted molar refractivity (Wildman–Crippen MR) is 102 cm³/mol. The molecule has 0 aliphatic carbocycles. The first-order valence-electron chi connectivity index (χ1n) is 8.32. The van der Waals surface area contributed by atoms with Gasteiger partial charge in [0, 0.05) is 31.1 Å². The molecule has 1 heterocycles. The van der Waals surface area contributed by atoms with Crippen LogP contribution in [0.4, 0.5) is 0 Å². The summed E-state index contributed by atoms with van der Waals surface area (Å²) in [6, 6.07) is 17.2. The SMILES string of the molecule is COc1ccc(C)cc1CN1C[C@@H](CN)[C@H](c2ccccc2)C1.Cl. The molecule has 1 saturated heterocycles. The quantitative estimate of drug-likeness (QED) is 0.899. The molecular weight excluding hydrogens is 320 g/mol. The summed E-state index contributed by atoms with van der Waals surface area (Å²) in [6.45, 7) is 5.89. The average molecular weight is 347 g/mol. The first-order valence-corrected chi connectivity index (χ1v) is 8.32. The van der Waals surface area contributed by atoms with Gasteiger partial charge in [0.2, 0.25) is 0 Å². The van der Waals surface area contributed by atoms with Crippen molar-refractivity contribution in [2.75, 3.05) is 26.7 Å². The van der Waals surface area contributed by atoms with Gasteiger partial charge in [-0.15, -0.1) is 12.4 Å². The lowest BCUT2D eigenvalue weighted by atomic mass is 9.89. The van der Waals surface area contributed by atoms with E-state index in [1.807, 2.05) is 0 Å². The Balaban J connectivity index is 0.00000208. The van der Waals surface area contributed by atoms with Crippen LogP contribution in [0.25, 0.3) is 0 Å². The molecule has 0 bridgehead atoms. The second-order valence-corrected chi connectivity index (χ2v) is 6.52. The number of likely N-dealkylation sites (tertiary alicyclic amines) is 1. The van der Waals surface area contributed by atoms with Gasteiger partial charge in [0.1, 0.15) is 5.75 Å². The van der Waals surface area contributed by atoms with Gasteiger partial charge in [0.25, 0.3) is 0 Å². The number of nitrogens with zero attached hydrogens (tertiary/aromatic N) is 1. The fraction of sp³-hybridized carbons (Fsp3) is 0.400. The summed E-state index contributed by atoms with van der Waals surface area (Å²) in [5.74, 6) is 2.02. The summed E-state index contributed by atoms with van der Waals surface area (Å²) in [7, 11) is 1.74. The normalized spacial score (nSPS) is 20.6. The number of methoxy groups -OCH3 is 1. The molecule has 0 aromatic heterocycles. The van der Waals surface area contributed by atoms with Gasteiger partial charge in [-0.25, -0.2) is 0 Å². The minimum absolute atomic E-state index is 0. The Bertz CT molecular complexity index is 647. The van der Waals surface area contributed by atoms with Crippen LogP contribution in [0.15, 0.2) is 48.5 Å². The van der Waals surface area contributed by atoms with E-state index >= 15 is 0 Å². The number of benzene rings is 2. The van der Waals surface area contributed by atoms with E-state index in [1.54, 1.807) is 7.11 Å². The van der Waals surface area contributed by atoms with Crippen LogP contribution in [0.2, 0.25) is 0 Å². The zero-order chi connectivity index (χ0) is 16.2. The van der Waals surface area contributed by atoms with Crippen LogP contribution in [0.5, 0.6) is 5.75 Å². The van der Waals surface area contributed by atoms with Gasteiger partial charge in [-0.2, -0.15) is 0 Å². The van der Waals surface area contributed by atoms with Crippen molar-refractivity contribution in [2.24, 2.45) is 11.7 Å². The van der Waals surface area contributed by atoms with Crippen LogP contribution in [-0.4, -0.2) is 31.6 Å². The van der Waals surface area contributed by atoms with E-state index in [0.29, 0.717) is 11.8 Å². The highest BCUT2D eigenvalue weighted by Gasteiger charge is 2.32. The molecule has 2 aromatic carbocycles. The number of aryl methyl sites for hydroxylation is 1. The second-order valence-electron chi connectivity index (χ2n) is 6.52. The molecule has 2 N–H and O–H groups in total. The van der Waals surface area contributed by atoms with Crippen molar-refractivity contribution in [1.82, 2.24) is 4.90 Å². The molecule has 0 saturated carbocycles. The van der Waals surface area contributed by atoms with E-state index in [-0.39, 0.29) is 12.4 Å². The largest absolute Gasteiger partial charge is 0.496 e. The third kappa shape index (κ3) is 4.10. The van der Waals surface area contributed by atoms with E-state index in [4.69, 9.17) is 10.5 Å². The third-order valence-corrected chi connectivity index (χ3v) is 4.88. The maximum Gasteiger partial charge on any atom is 0.123 e. The average Bonchev–Trinajstić information content (AvgIpc) is 2.99. The number of halogens is 1. The Labute approximate surface area is 151 Å². The molecule has 0 amide bonds. The number of rotatable bonds is 5.